The maximum Gasteiger partial charge on any atom is 0.269 e. The Morgan fingerprint density at radius 3 is 2.57 bits per heavy atom. The van der Waals surface area contributed by atoms with Gasteiger partial charge in [0.25, 0.3) is 5.91 Å². The summed E-state index contributed by atoms with van der Waals surface area (Å²) in [5.74, 6) is 0.975. The van der Waals surface area contributed by atoms with Gasteiger partial charge in [0, 0.05) is 32.4 Å². The molecular weight excluding hydrogens is 290 g/mol. The molecule has 3 rings (SSSR count). The van der Waals surface area contributed by atoms with Crippen molar-refractivity contribution in [2.75, 3.05) is 18.0 Å². The molecule has 1 fully saturated rings. The van der Waals surface area contributed by atoms with Crippen molar-refractivity contribution in [1.82, 2.24) is 20.1 Å². The summed E-state index contributed by atoms with van der Waals surface area (Å²) >= 11 is 0. The van der Waals surface area contributed by atoms with E-state index in [4.69, 9.17) is 0 Å². The van der Waals surface area contributed by atoms with Gasteiger partial charge in [-0.2, -0.15) is 5.10 Å². The Balaban J connectivity index is 1.56. The fraction of sp³-hybridized carbons (Fsp3) is 0.471. The summed E-state index contributed by atoms with van der Waals surface area (Å²) < 4.78 is 1.63. The van der Waals surface area contributed by atoms with Crippen LogP contribution in [0.2, 0.25) is 0 Å². The maximum atomic E-state index is 12.3. The van der Waals surface area contributed by atoms with Crippen molar-refractivity contribution in [3.63, 3.8) is 0 Å². The highest BCUT2D eigenvalue weighted by Crippen LogP contribution is 2.18. The predicted octanol–water partition coefficient (Wildman–Crippen LogP) is 1.83. The first kappa shape index (κ1) is 15.5. The molecule has 2 aromatic heterocycles. The zero-order chi connectivity index (χ0) is 16.4. The van der Waals surface area contributed by atoms with Crippen molar-refractivity contribution in [2.45, 2.75) is 32.7 Å². The third-order valence-electron chi connectivity index (χ3n) is 4.28. The van der Waals surface area contributed by atoms with Gasteiger partial charge in [0.15, 0.2) is 0 Å². The standard InChI is InChI=1S/C17H23N5O/c1-12-4-5-16(18-11-12)22-8-6-14(7-9-22)19-17(23)15-10-13(2)20-21(15)3/h4-5,10-11,14H,6-9H2,1-3H3,(H,19,23). The minimum absolute atomic E-state index is 0.0417. The molecule has 3 heterocycles. The third-order valence-corrected chi connectivity index (χ3v) is 4.28. The molecule has 6 nitrogen and oxygen atoms in total. The molecule has 1 saturated heterocycles. The fourth-order valence-corrected chi connectivity index (χ4v) is 2.98. The van der Waals surface area contributed by atoms with Crippen LogP contribution >= 0.6 is 0 Å². The minimum Gasteiger partial charge on any atom is -0.356 e. The van der Waals surface area contributed by atoms with Crippen LogP contribution in [0.5, 0.6) is 0 Å². The molecule has 0 aliphatic carbocycles. The lowest BCUT2D eigenvalue weighted by Crippen LogP contribution is -2.45. The van der Waals surface area contributed by atoms with E-state index in [9.17, 15) is 4.79 Å². The second kappa shape index (κ2) is 6.40. The summed E-state index contributed by atoms with van der Waals surface area (Å²) in [6.45, 7) is 5.75. The van der Waals surface area contributed by atoms with Gasteiger partial charge in [-0.25, -0.2) is 4.98 Å². The molecule has 0 atom stereocenters. The molecular formula is C17H23N5O. The van der Waals surface area contributed by atoms with Gasteiger partial charge in [-0.3, -0.25) is 9.48 Å². The number of anilines is 1. The highest BCUT2D eigenvalue weighted by molar-refractivity contribution is 5.92. The number of aryl methyl sites for hydroxylation is 3. The number of carbonyl (C=O) groups excluding carboxylic acids is 1. The van der Waals surface area contributed by atoms with Gasteiger partial charge in [-0.1, -0.05) is 6.07 Å². The Bertz CT molecular complexity index is 684. The normalized spacial score (nSPS) is 15.7. The molecule has 6 heteroatoms. The molecule has 0 unspecified atom stereocenters. The van der Waals surface area contributed by atoms with Gasteiger partial charge >= 0.3 is 0 Å². The molecule has 1 N–H and O–H groups in total. The lowest BCUT2D eigenvalue weighted by atomic mass is 10.0. The summed E-state index contributed by atoms with van der Waals surface area (Å²) in [6.07, 6.45) is 3.75. The van der Waals surface area contributed by atoms with E-state index in [-0.39, 0.29) is 11.9 Å². The Kier molecular flexibility index (Phi) is 4.32. The molecule has 122 valence electrons. The third kappa shape index (κ3) is 3.52. The van der Waals surface area contributed by atoms with Crippen molar-refractivity contribution in [3.05, 3.63) is 41.3 Å². The summed E-state index contributed by atoms with van der Waals surface area (Å²) in [5.41, 5.74) is 2.64. The van der Waals surface area contributed by atoms with Gasteiger partial charge in [0.2, 0.25) is 0 Å². The van der Waals surface area contributed by atoms with Crippen LogP contribution in [0, 0.1) is 13.8 Å². The van der Waals surface area contributed by atoms with E-state index >= 15 is 0 Å². The van der Waals surface area contributed by atoms with Crippen molar-refractivity contribution >= 4 is 11.7 Å². The first-order valence-electron chi connectivity index (χ1n) is 8.02. The molecule has 1 aliphatic heterocycles. The number of piperidine rings is 1. The summed E-state index contributed by atoms with van der Waals surface area (Å²) in [4.78, 5) is 19.1. The number of aromatic nitrogens is 3. The Hall–Kier alpha value is -2.37. The number of pyridine rings is 1. The molecule has 0 radical (unpaired) electrons. The van der Waals surface area contributed by atoms with E-state index in [1.165, 1.54) is 5.56 Å². The van der Waals surface area contributed by atoms with Crippen molar-refractivity contribution in [1.29, 1.82) is 0 Å². The van der Waals surface area contributed by atoms with Crippen molar-refractivity contribution in [2.24, 2.45) is 7.05 Å². The average molecular weight is 313 g/mol. The molecule has 0 bridgehead atoms. The summed E-state index contributed by atoms with van der Waals surface area (Å²) in [6, 6.07) is 6.17. The lowest BCUT2D eigenvalue weighted by Gasteiger charge is -2.33. The Labute approximate surface area is 136 Å². The highest BCUT2D eigenvalue weighted by Gasteiger charge is 2.23. The minimum atomic E-state index is -0.0417. The topological polar surface area (TPSA) is 63.1 Å². The number of hydrogen-bond donors (Lipinski definition) is 1. The van der Waals surface area contributed by atoms with Gasteiger partial charge in [0.05, 0.1) is 5.69 Å². The Morgan fingerprint density at radius 1 is 1.26 bits per heavy atom. The van der Waals surface area contributed by atoms with Gasteiger partial charge in [-0.05, 0) is 44.4 Å². The number of rotatable bonds is 3. The first-order chi connectivity index (χ1) is 11.0. The van der Waals surface area contributed by atoms with E-state index in [1.54, 1.807) is 11.7 Å². The molecule has 2 aromatic rings. The van der Waals surface area contributed by atoms with Crippen LogP contribution in [0.15, 0.2) is 24.4 Å². The van der Waals surface area contributed by atoms with Crippen LogP contribution in [-0.4, -0.2) is 39.8 Å². The Morgan fingerprint density at radius 2 is 2.00 bits per heavy atom. The number of nitrogens with zero attached hydrogens (tertiary/aromatic N) is 4. The number of hydrogen-bond acceptors (Lipinski definition) is 4. The maximum absolute atomic E-state index is 12.3. The number of nitrogens with one attached hydrogen (secondary N) is 1. The van der Waals surface area contributed by atoms with E-state index in [1.807, 2.05) is 26.1 Å². The van der Waals surface area contributed by atoms with Crippen LogP contribution in [0.4, 0.5) is 5.82 Å². The number of amides is 1. The van der Waals surface area contributed by atoms with Crippen LogP contribution in [0.1, 0.15) is 34.6 Å². The van der Waals surface area contributed by atoms with Crippen LogP contribution < -0.4 is 10.2 Å². The van der Waals surface area contributed by atoms with Crippen LogP contribution in [0.25, 0.3) is 0 Å². The van der Waals surface area contributed by atoms with E-state index in [0.29, 0.717) is 5.69 Å². The summed E-state index contributed by atoms with van der Waals surface area (Å²) in [5, 5.41) is 7.35. The van der Waals surface area contributed by atoms with Crippen LogP contribution in [0.3, 0.4) is 0 Å². The molecule has 0 saturated carbocycles. The molecule has 1 aliphatic rings. The quantitative estimate of drug-likeness (QED) is 0.939. The SMILES string of the molecule is Cc1ccc(N2CCC(NC(=O)c3cc(C)nn3C)CC2)nc1. The van der Waals surface area contributed by atoms with E-state index < -0.39 is 0 Å². The van der Waals surface area contributed by atoms with E-state index in [0.717, 1.165) is 37.4 Å². The second-order valence-electron chi connectivity index (χ2n) is 6.22. The fourth-order valence-electron chi connectivity index (χ4n) is 2.98. The van der Waals surface area contributed by atoms with Crippen molar-refractivity contribution in [3.8, 4) is 0 Å². The molecule has 23 heavy (non-hydrogen) atoms. The molecule has 0 spiro atoms. The van der Waals surface area contributed by atoms with Gasteiger partial charge < -0.3 is 10.2 Å². The molecule has 0 aromatic carbocycles. The van der Waals surface area contributed by atoms with Gasteiger partial charge in [0.1, 0.15) is 11.5 Å². The van der Waals surface area contributed by atoms with Crippen LogP contribution in [-0.2, 0) is 7.05 Å². The lowest BCUT2D eigenvalue weighted by molar-refractivity contribution is 0.0921. The monoisotopic (exact) mass is 313 g/mol. The zero-order valence-corrected chi connectivity index (χ0v) is 13.9. The first-order valence-corrected chi connectivity index (χ1v) is 8.02. The molecule has 1 amide bonds. The zero-order valence-electron chi connectivity index (χ0n) is 13.9. The highest BCUT2D eigenvalue weighted by atomic mass is 16.2. The van der Waals surface area contributed by atoms with Crippen molar-refractivity contribution < 1.29 is 4.79 Å². The second-order valence-corrected chi connectivity index (χ2v) is 6.22. The summed E-state index contributed by atoms with van der Waals surface area (Å²) in [7, 11) is 1.80. The van der Waals surface area contributed by atoms with Gasteiger partial charge in [-0.15, -0.1) is 0 Å². The smallest absolute Gasteiger partial charge is 0.269 e. The average Bonchev–Trinajstić information content (AvgIpc) is 2.88. The van der Waals surface area contributed by atoms with E-state index in [2.05, 4.69) is 32.4 Å². The number of carbonyl (C=O) groups is 1. The predicted molar refractivity (Wildman–Crippen MR) is 89.6 cm³/mol. The largest absolute Gasteiger partial charge is 0.356 e.